The Bertz CT molecular complexity index is 476. The Kier molecular flexibility index (Phi) is 4.85. The molecular weight excluding hydrogens is 232 g/mol. The Hall–Kier alpha value is -1.96. The van der Waals surface area contributed by atoms with Gasteiger partial charge in [0.05, 0.1) is 0 Å². The minimum atomic E-state index is 0.823. The Morgan fingerprint density at radius 3 is 2.26 bits per heavy atom. The zero-order valence-corrected chi connectivity index (χ0v) is 11.5. The monoisotopic (exact) mass is 254 g/mol. The van der Waals surface area contributed by atoms with E-state index in [4.69, 9.17) is 5.73 Å². The summed E-state index contributed by atoms with van der Waals surface area (Å²) in [5.74, 6) is 0. The van der Waals surface area contributed by atoms with E-state index in [1.807, 2.05) is 12.1 Å². The van der Waals surface area contributed by atoms with Crippen molar-refractivity contribution in [2.75, 3.05) is 23.7 Å². The van der Waals surface area contributed by atoms with Crippen LogP contribution in [0.25, 0.3) is 0 Å². The summed E-state index contributed by atoms with van der Waals surface area (Å²) < 4.78 is 0. The highest BCUT2D eigenvalue weighted by atomic mass is 15.1. The molecule has 0 unspecified atom stereocenters. The predicted octanol–water partition coefficient (Wildman–Crippen LogP) is 3.73. The minimum Gasteiger partial charge on any atom is -0.399 e. The van der Waals surface area contributed by atoms with E-state index in [1.54, 1.807) is 0 Å². The first kappa shape index (κ1) is 13.5. The van der Waals surface area contributed by atoms with Gasteiger partial charge in [0.25, 0.3) is 0 Å². The van der Waals surface area contributed by atoms with Gasteiger partial charge >= 0.3 is 0 Å². The second kappa shape index (κ2) is 6.83. The van der Waals surface area contributed by atoms with Gasteiger partial charge in [-0.25, -0.2) is 0 Å². The Balaban J connectivity index is 1.87. The van der Waals surface area contributed by atoms with E-state index in [2.05, 4.69) is 54.3 Å². The van der Waals surface area contributed by atoms with Crippen molar-refractivity contribution in [3.8, 4) is 0 Å². The number of hydrogen-bond donors (Lipinski definition) is 1. The summed E-state index contributed by atoms with van der Waals surface area (Å²) in [5.41, 5.74) is 9.22. The van der Waals surface area contributed by atoms with Crippen molar-refractivity contribution in [2.45, 2.75) is 19.8 Å². The molecule has 2 rings (SSSR count). The number of anilines is 2. The highest BCUT2D eigenvalue weighted by Crippen LogP contribution is 2.16. The van der Waals surface area contributed by atoms with E-state index in [0.29, 0.717) is 0 Å². The van der Waals surface area contributed by atoms with E-state index < -0.39 is 0 Å². The number of rotatable bonds is 6. The minimum absolute atomic E-state index is 0.823. The molecule has 19 heavy (non-hydrogen) atoms. The van der Waals surface area contributed by atoms with Crippen LogP contribution in [0.4, 0.5) is 11.4 Å². The molecular formula is C17H22N2. The molecule has 2 nitrogen and oxygen atoms in total. The maximum absolute atomic E-state index is 5.73. The molecule has 0 fully saturated rings. The van der Waals surface area contributed by atoms with Gasteiger partial charge in [-0.15, -0.1) is 0 Å². The Labute approximate surface area is 115 Å². The zero-order chi connectivity index (χ0) is 13.5. The number of benzene rings is 2. The van der Waals surface area contributed by atoms with Crippen LogP contribution >= 0.6 is 0 Å². The number of aryl methyl sites for hydroxylation is 1. The molecule has 0 heterocycles. The van der Waals surface area contributed by atoms with E-state index in [0.717, 1.165) is 25.2 Å². The Morgan fingerprint density at radius 1 is 0.947 bits per heavy atom. The van der Waals surface area contributed by atoms with Crippen molar-refractivity contribution < 1.29 is 0 Å². The molecule has 0 bridgehead atoms. The Morgan fingerprint density at radius 2 is 1.63 bits per heavy atom. The quantitative estimate of drug-likeness (QED) is 0.796. The highest BCUT2D eigenvalue weighted by Gasteiger charge is 2.03. The average molecular weight is 254 g/mol. The molecule has 0 aliphatic carbocycles. The molecule has 2 N–H and O–H groups in total. The number of nitrogens with two attached hydrogens (primary N) is 1. The zero-order valence-electron chi connectivity index (χ0n) is 11.5. The first-order valence-electron chi connectivity index (χ1n) is 6.94. The molecule has 100 valence electrons. The van der Waals surface area contributed by atoms with Gasteiger partial charge in [0.2, 0.25) is 0 Å². The van der Waals surface area contributed by atoms with Gasteiger partial charge in [-0.3, -0.25) is 0 Å². The van der Waals surface area contributed by atoms with Crippen LogP contribution < -0.4 is 10.6 Å². The van der Waals surface area contributed by atoms with E-state index >= 15 is 0 Å². The fraction of sp³-hybridized carbons (Fsp3) is 0.294. The molecule has 2 heteroatoms. The van der Waals surface area contributed by atoms with Crippen molar-refractivity contribution in [1.29, 1.82) is 0 Å². The number of nitrogen functional groups attached to an aromatic ring is 1. The lowest BCUT2D eigenvalue weighted by Gasteiger charge is -2.23. The normalized spacial score (nSPS) is 10.4. The van der Waals surface area contributed by atoms with Gasteiger partial charge in [0, 0.05) is 24.5 Å². The van der Waals surface area contributed by atoms with Crippen LogP contribution in [0.15, 0.2) is 54.6 Å². The molecule has 0 radical (unpaired) electrons. The molecule has 0 aliphatic heterocycles. The van der Waals surface area contributed by atoms with Crippen LogP contribution in [-0.2, 0) is 6.42 Å². The molecule has 0 saturated carbocycles. The molecule has 0 aliphatic rings. The third kappa shape index (κ3) is 4.02. The van der Waals surface area contributed by atoms with Gasteiger partial charge in [-0.1, -0.05) is 30.3 Å². The summed E-state index contributed by atoms with van der Waals surface area (Å²) in [7, 11) is 0. The third-order valence-electron chi connectivity index (χ3n) is 3.38. The molecule has 0 amide bonds. The SMILES string of the molecule is CCN(CCCc1ccccc1)c1ccc(N)cc1. The standard InChI is InChI=1S/C17H22N2/c1-2-19(17-12-10-16(18)11-13-17)14-6-9-15-7-4-3-5-8-15/h3-5,7-8,10-13H,2,6,9,14,18H2,1H3. The van der Waals surface area contributed by atoms with Gasteiger partial charge in [0.15, 0.2) is 0 Å². The molecule has 2 aromatic rings. The maximum atomic E-state index is 5.73. The summed E-state index contributed by atoms with van der Waals surface area (Å²) in [6.45, 7) is 4.30. The van der Waals surface area contributed by atoms with Gasteiger partial charge < -0.3 is 10.6 Å². The molecule has 0 saturated heterocycles. The third-order valence-corrected chi connectivity index (χ3v) is 3.38. The van der Waals surface area contributed by atoms with Crippen LogP contribution in [-0.4, -0.2) is 13.1 Å². The average Bonchev–Trinajstić information content (AvgIpc) is 2.46. The molecule has 0 atom stereocenters. The van der Waals surface area contributed by atoms with Crippen LogP contribution in [0.3, 0.4) is 0 Å². The van der Waals surface area contributed by atoms with E-state index in [-0.39, 0.29) is 0 Å². The summed E-state index contributed by atoms with van der Waals surface area (Å²) in [4.78, 5) is 2.39. The predicted molar refractivity (Wildman–Crippen MR) is 83.5 cm³/mol. The summed E-state index contributed by atoms with van der Waals surface area (Å²) in [5, 5.41) is 0. The first-order chi connectivity index (χ1) is 9.29. The smallest absolute Gasteiger partial charge is 0.0367 e. The van der Waals surface area contributed by atoms with Crippen molar-refractivity contribution in [3.05, 3.63) is 60.2 Å². The lowest BCUT2D eigenvalue weighted by molar-refractivity contribution is 0.746. The second-order valence-corrected chi connectivity index (χ2v) is 4.76. The molecule has 0 spiro atoms. The van der Waals surface area contributed by atoms with Crippen LogP contribution in [0.1, 0.15) is 18.9 Å². The van der Waals surface area contributed by atoms with Crippen LogP contribution in [0.2, 0.25) is 0 Å². The lowest BCUT2D eigenvalue weighted by atomic mass is 10.1. The lowest BCUT2D eigenvalue weighted by Crippen LogP contribution is -2.24. The topological polar surface area (TPSA) is 29.3 Å². The summed E-state index contributed by atoms with van der Waals surface area (Å²) in [6.07, 6.45) is 2.30. The van der Waals surface area contributed by atoms with Gasteiger partial charge in [0.1, 0.15) is 0 Å². The van der Waals surface area contributed by atoms with Crippen molar-refractivity contribution in [1.82, 2.24) is 0 Å². The van der Waals surface area contributed by atoms with E-state index in [9.17, 15) is 0 Å². The fourth-order valence-corrected chi connectivity index (χ4v) is 2.27. The first-order valence-corrected chi connectivity index (χ1v) is 6.94. The van der Waals surface area contributed by atoms with Gasteiger partial charge in [-0.2, -0.15) is 0 Å². The fourth-order valence-electron chi connectivity index (χ4n) is 2.27. The maximum Gasteiger partial charge on any atom is 0.0367 e. The molecule has 2 aromatic carbocycles. The van der Waals surface area contributed by atoms with Crippen molar-refractivity contribution in [2.24, 2.45) is 0 Å². The van der Waals surface area contributed by atoms with E-state index in [1.165, 1.54) is 17.7 Å². The van der Waals surface area contributed by atoms with Crippen LogP contribution in [0.5, 0.6) is 0 Å². The largest absolute Gasteiger partial charge is 0.399 e. The summed E-state index contributed by atoms with van der Waals surface area (Å²) in [6, 6.07) is 18.8. The molecule has 0 aromatic heterocycles. The van der Waals surface area contributed by atoms with Crippen LogP contribution in [0, 0.1) is 0 Å². The van der Waals surface area contributed by atoms with Crippen molar-refractivity contribution >= 4 is 11.4 Å². The number of nitrogens with zero attached hydrogens (tertiary/aromatic N) is 1. The highest BCUT2D eigenvalue weighted by molar-refractivity contribution is 5.52. The van der Waals surface area contributed by atoms with Gasteiger partial charge in [-0.05, 0) is 49.6 Å². The number of hydrogen-bond acceptors (Lipinski definition) is 2. The summed E-state index contributed by atoms with van der Waals surface area (Å²) >= 11 is 0. The second-order valence-electron chi connectivity index (χ2n) is 4.76. The van der Waals surface area contributed by atoms with Crippen molar-refractivity contribution in [3.63, 3.8) is 0 Å².